The lowest BCUT2D eigenvalue weighted by Gasteiger charge is -2.37. The van der Waals surface area contributed by atoms with E-state index in [1.165, 1.54) is 38.6 Å². The van der Waals surface area contributed by atoms with Gasteiger partial charge >= 0.3 is 0 Å². The topological polar surface area (TPSA) is 38.5 Å². The van der Waals surface area contributed by atoms with Crippen LogP contribution < -0.4 is 5.73 Å². The van der Waals surface area contributed by atoms with Crippen LogP contribution in [0.2, 0.25) is 0 Å². The Morgan fingerprint density at radius 2 is 2.18 bits per heavy atom. The Hall–Kier alpha value is -0.120. The maximum absolute atomic E-state index is 5.91. The smallest absolute Gasteiger partial charge is 0.0702 e. The summed E-state index contributed by atoms with van der Waals surface area (Å²) < 4.78 is 5.88. The third-order valence-electron chi connectivity index (χ3n) is 3.65. The van der Waals surface area contributed by atoms with E-state index < -0.39 is 0 Å². The van der Waals surface area contributed by atoms with Crippen molar-refractivity contribution in [2.75, 3.05) is 26.2 Å². The summed E-state index contributed by atoms with van der Waals surface area (Å²) in [6, 6.07) is 0.572. The first kappa shape index (κ1) is 14.9. The summed E-state index contributed by atoms with van der Waals surface area (Å²) in [5, 5.41) is 0. The van der Waals surface area contributed by atoms with E-state index in [1.54, 1.807) is 0 Å². The molecule has 0 saturated carbocycles. The van der Waals surface area contributed by atoms with Gasteiger partial charge in [-0.05, 0) is 32.2 Å². The van der Waals surface area contributed by atoms with Crippen LogP contribution in [0.3, 0.4) is 0 Å². The Kier molecular flexibility index (Phi) is 7.82. The molecule has 0 spiro atoms. The number of nitrogens with zero attached hydrogens (tertiary/aromatic N) is 1. The number of piperidine rings is 1. The van der Waals surface area contributed by atoms with Crippen LogP contribution in [0.15, 0.2) is 0 Å². The minimum Gasteiger partial charge on any atom is -0.377 e. The number of nitrogens with two attached hydrogens (primary N) is 1. The second kappa shape index (κ2) is 8.90. The van der Waals surface area contributed by atoms with Crippen molar-refractivity contribution in [2.24, 2.45) is 5.73 Å². The molecule has 2 N–H and O–H groups in total. The summed E-state index contributed by atoms with van der Waals surface area (Å²) in [6.45, 7) is 8.41. The lowest BCUT2D eigenvalue weighted by atomic mass is 10.0. The molecule has 1 saturated heterocycles. The predicted molar refractivity (Wildman–Crippen MR) is 73.2 cm³/mol. The summed E-state index contributed by atoms with van der Waals surface area (Å²) in [4.78, 5) is 2.56. The fourth-order valence-electron chi connectivity index (χ4n) is 2.61. The highest BCUT2D eigenvalue weighted by molar-refractivity contribution is 4.80. The summed E-state index contributed by atoms with van der Waals surface area (Å²) in [5.41, 5.74) is 5.91. The van der Waals surface area contributed by atoms with E-state index in [1.807, 2.05) is 0 Å². The van der Waals surface area contributed by atoms with Gasteiger partial charge in [0.25, 0.3) is 0 Å². The van der Waals surface area contributed by atoms with Crippen LogP contribution in [0.4, 0.5) is 0 Å². The molecule has 0 radical (unpaired) electrons. The lowest BCUT2D eigenvalue weighted by molar-refractivity contribution is -0.0126. The van der Waals surface area contributed by atoms with Crippen LogP contribution in [0.1, 0.15) is 52.4 Å². The maximum atomic E-state index is 5.91. The quantitative estimate of drug-likeness (QED) is 0.710. The SMILES string of the molecule is CCCCC(CN)N1CCCC(OCCC)C1. The molecule has 2 atom stereocenters. The van der Waals surface area contributed by atoms with Crippen molar-refractivity contribution in [3.8, 4) is 0 Å². The lowest BCUT2D eigenvalue weighted by Crippen LogP contribution is -2.48. The summed E-state index contributed by atoms with van der Waals surface area (Å²) in [7, 11) is 0. The molecule has 1 fully saturated rings. The molecule has 0 bridgehead atoms. The van der Waals surface area contributed by atoms with Crippen LogP contribution >= 0.6 is 0 Å². The molecule has 3 heteroatoms. The molecule has 1 aliphatic heterocycles. The number of unbranched alkanes of at least 4 members (excludes halogenated alkanes) is 1. The van der Waals surface area contributed by atoms with Crippen LogP contribution in [-0.4, -0.2) is 43.3 Å². The highest BCUT2D eigenvalue weighted by Crippen LogP contribution is 2.18. The average molecular weight is 242 g/mol. The Bertz CT molecular complexity index is 187. The second-order valence-electron chi connectivity index (χ2n) is 5.16. The Labute approximate surface area is 107 Å². The molecule has 1 heterocycles. The van der Waals surface area contributed by atoms with Crippen molar-refractivity contribution in [1.82, 2.24) is 4.90 Å². The second-order valence-corrected chi connectivity index (χ2v) is 5.16. The third-order valence-corrected chi connectivity index (χ3v) is 3.65. The fraction of sp³-hybridized carbons (Fsp3) is 1.00. The minimum absolute atomic E-state index is 0.444. The van der Waals surface area contributed by atoms with E-state index in [4.69, 9.17) is 10.5 Å². The van der Waals surface area contributed by atoms with Gasteiger partial charge in [-0.1, -0.05) is 26.7 Å². The van der Waals surface area contributed by atoms with E-state index in [-0.39, 0.29) is 0 Å². The van der Waals surface area contributed by atoms with E-state index in [0.29, 0.717) is 12.1 Å². The van der Waals surface area contributed by atoms with Crippen LogP contribution in [-0.2, 0) is 4.74 Å². The molecule has 0 aliphatic carbocycles. The standard InChI is InChI=1S/C14H30N2O/c1-3-5-7-13(11-15)16-9-6-8-14(12-16)17-10-4-2/h13-14H,3-12,15H2,1-2H3. The van der Waals surface area contributed by atoms with Gasteiger partial charge in [-0.15, -0.1) is 0 Å². The molecule has 3 nitrogen and oxygen atoms in total. The number of rotatable bonds is 8. The zero-order chi connectivity index (χ0) is 12.5. The van der Waals surface area contributed by atoms with E-state index >= 15 is 0 Å². The van der Waals surface area contributed by atoms with E-state index in [0.717, 1.165) is 26.1 Å². The molecule has 102 valence electrons. The van der Waals surface area contributed by atoms with Crippen molar-refractivity contribution in [2.45, 2.75) is 64.5 Å². The van der Waals surface area contributed by atoms with Crippen molar-refractivity contribution >= 4 is 0 Å². The molecule has 0 amide bonds. The largest absolute Gasteiger partial charge is 0.377 e. The molecule has 2 unspecified atom stereocenters. The highest BCUT2D eigenvalue weighted by Gasteiger charge is 2.24. The van der Waals surface area contributed by atoms with Gasteiger partial charge in [0.05, 0.1) is 6.10 Å². The van der Waals surface area contributed by atoms with E-state index in [2.05, 4.69) is 18.7 Å². The number of hydrogen-bond donors (Lipinski definition) is 1. The summed E-state index contributed by atoms with van der Waals surface area (Å²) in [5.74, 6) is 0. The van der Waals surface area contributed by atoms with Crippen LogP contribution in [0, 0.1) is 0 Å². The molecular formula is C14H30N2O. The summed E-state index contributed by atoms with van der Waals surface area (Å²) >= 11 is 0. The summed E-state index contributed by atoms with van der Waals surface area (Å²) in [6.07, 6.45) is 7.84. The zero-order valence-corrected chi connectivity index (χ0v) is 11.7. The van der Waals surface area contributed by atoms with Crippen molar-refractivity contribution in [1.29, 1.82) is 0 Å². The Morgan fingerprint density at radius 1 is 1.35 bits per heavy atom. The van der Waals surface area contributed by atoms with Gasteiger partial charge in [-0.25, -0.2) is 0 Å². The first-order valence-corrected chi connectivity index (χ1v) is 7.37. The minimum atomic E-state index is 0.444. The monoisotopic (exact) mass is 242 g/mol. The van der Waals surface area contributed by atoms with Crippen molar-refractivity contribution < 1.29 is 4.74 Å². The van der Waals surface area contributed by atoms with Gasteiger partial charge in [0.15, 0.2) is 0 Å². The Balaban J connectivity index is 2.34. The van der Waals surface area contributed by atoms with Gasteiger partial charge in [0.1, 0.15) is 0 Å². The van der Waals surface area contributed by atoms with Gasteiger partial charge in [0, 0.05) is 25.7 Å². The normalized spacial score (nSPS) is 23.8. The van der Waals surface area contributed by atoms with Crippen LogP contribution in [0.25, 0.3) is 0 Å². The first-order valence-electron chi connectivity index (χ1n) is 7.37. The van der Waals surface area contributed by atoms with Crippen molar-refractivity contribution in [3.05, 3.63) is 0 Å². The van der Waals surface area contributed by atoms with E-state index in [9.17, 15) is 0 Å². The molecule has 0 aromatic rings. The third kappa shape index (κ3) is 5.36. The zero-order valence-electron chi connectivity index (χ0n) is 11.7. The first-order chi connectivity index (χ1) is 8.31. The molecule has 17 heavy (non-hydrogen) atoms. The highest BCUT2D eigenvalue weighted by atomic mass is 16.5. The molecule has 1 rings (SSSR count). The molecule has 0 aromatic carbocycles. The number of likely N-dealkylation sites (tertiary alicyclic amines) is 1. The maximum Gasteiger partial charge on any atom is 0.0702 e. The predicted octanol–water partition coefficient (Wildman–Crippen LogP) is 2.39. The fourth-order valence-corrected chi connectivity index (χ4v) is 2.61. The van der Waals surface area contributed by atoms with Crippen LogP contribution in [0.5, 0.6) is 0 Å². The van der Waals surface area contributed by atoms with Gasteiger partial charge in [0.2, 0.25) is 0 Å². The molecular weight excluding hydrogens is 212 g/mol. The molecule has 0 aromatic heterocycles. The van der Waals surface area contributed by atoms with Gasteiger partial charge < -0.3 is 10.5 Å². The number of ether oxygens (including phenoxy) is 1. The van der Waals surface area contributed by atoms with Crippen molar-refractivity contribution in [3.63, 3.8) is 0 Å². The van der Waals surface area contributed by atoms with Gasteiger partial charge in [-0.2, -0.15) is 0 Å². The van der Waals surface area contributed by atoms with Gasteiger partial charge in [-0.3, -0.25) is 4.90 Å². The average Bonchev–Trinajstić information content (AvgIpc) is 2.38. The number of hydrogen-bond acceptors (Lipinski definition) is 3. The Morgan fingerprint density at radius 3 is 2.82 bits per heavy atom. The molecule has 1 aliphatic rings.